The average molecular weight is 403 g/mol. The van der Waals surface area contributed by atoms with Gasteiger partial charge in [0.25, 0.3) is 5.91 Å². The van der Waals surface area contributed by atoms with Crippen LogP contribution in [0.25, 0.3) is 0 Å². The molecule has 1 atom stereocenters. The summed E-state index contributed by atoms with van der Waals surface area (Å²) in [6.07, 6.45) is 7.68. The summed E-state index contributed by atoms with van der Waals surface area (Å²) in [6, 6.07) is 7.35. The molecule has 1 aromatic rings. The molecule has 1 saturated carbocycles. The Morgan fingerprint density at radius 3 is 2.79 bits per heavy atom. The normalized spacial score (nSPS) is 21.6. The second-order valence-corrected chi connectivity index (χ2v) is 8.13. The minimum absolute atomic E-state index is 0.122. The molecule has 7 heteroatoms. The Hall–Kier alpha value is -2.07. The van der Waals surface area contributed by atoms with Crippen LogP contribution >= 0.6 is 11.6 Å². The van der Waals surface area contributed by atoms with E-state index >= 15 is 0 Å². The van der Waals surface area contributed by atoms with Crippen LogP contribution in [0.4, 0.5) is 0 Å². The molecule has 1 aliphatic carbocycles. The number of allylic oxidation sites excluding steroid dienone is 1. The summed E-state index contributed by atoms with van der Waals surface area (Å²) in [6.45, 7) is 2.42. The molecule has 150 valence electrons. The zero-order chi connectivity index (χ0) is 20.1. The van der Waals surface area contributed by atoms with Crippen LogP contribution in [0.15, 0.2) is 30.0 Å². The number of benzene rings is 1. The van der Waals surface area contributed by atoms with E-state index in [1.54, 1.807) is 17.1 Å². The van der Waals surface area contributed by atoms with Crippen LogP contribution < -0.4 is 10.7 Å². The fourth-order valence-corrected chi connectivity index (χ4v) is 4.07. The molecule has 1 heterocycles. The molecule has 1 aliphatic heterocycles. The van der Waals surface area contributed by atoms with Gasteiger partial charge in [-0.2, -0.15) is 5.26 Å². The van der Waals surface area contributed by atoms with Crippen molar-refractivity contribution in [1.29, 1.82) is 5.26 Å². The molecule has 0 radical (unpaired) electrons. The monoisotopic (exact) mass is 402 g/mol. The van der Waals surface area contributed by atoms with Gasteiger partial charge in [-0.15, -0.1) is 0 Å². The van der Waals surface area contributed by atoms with Crippen molar-refractivity contribution in [2.24, 2.45) is 0 Å². The van der Waals surface area contributed by atoms with Gasteiger partial charge in [0.15, 0.2) is 0 Å². The third-order valence-electron chi connectivity index (χ3n) is 5.56. The van der Waals surface area contributed by atoms with Crippen LogP contribution in [0.3, 0.4) is 0 Å². The lowest BCUT2D eigenvalue weighted by Crippen LogP contribution is -2.42. The van der Waals surface area contributed by atoms with Gasteiger partial charge < -0.3 is 10.4 Å². The van der Waals surface area contributed by atoms with Crippen LogP contribution in [0.1, 0.15) is 67.4 Å². The van der Waals surface area contributed by atoms with E-state index in [1.807, 2.05) is 19.1 Å². The van der Waals surface area contributed by atoms with Gasteiger partial charge in [0.2, 0.25) is 0 Å². The first-order valence-electron chi connectivity index (χ1n) is 9.81. The number of hydrogen-bond acceptors (Lipinski definition) is 5. The number of halogens is 1. The molecule has 3 N–H and O–H groups in total. The number of nitrogens with one attached hydrogen (secondary N) is 2. The first kappa shape index (κ1) is 20.7. The lowest BCUT2D eigenvalue weighted by Gasteiger charge is -2.27. The number of nitriles is 1. The fourth-order valence-electron chi connectivity index (χ4n) is 3.86. The standard InChI is InChI=1S/C21H27ClN4O2/c1-15-12-19(25-26(15)11-10-23)16-6-7-18(22)17(13-16)20(27)24-14-21(28)8-4-2-3-5-9-21/h6-7,12-13,19,25,28H,2-5,8-9,11,14H2,1H3,(H,24,27). The quantitative estimate of drug-likeness (QED) is 0.518. The molecule has 1 aromatic carbocycles. The van der Waals surface area contributed by atoms with Crippen molar-refractivity contribution in [3.63, 3.8) is 0 Å². The number of aliphatic hydroxyl groups is 1. The number of nitrogens with zero attached hydrogens (tertiary/aromatic N) is 2. The van der Waals surface area contributed by atoms with Gasteiger partial charge in [0.05, 0.1) is 28.3 Å². The summed E-state index contributed by atoms with van der Waals surface area (Å²) in [5.74, 6) is -0.280. The van der Waals surface area contributed by atoms with Gasteiger partial charge in [-0.25, -0.2) is 5.43 Å². The van der Waals surface area contributed by atoms with E-state index in [1.165, 1.54) is 0 Å². The van der Waals surface area contributed by atoms with E-state index in [0.29, 0.717) is 23.4 Å². The molecule has 0 aromatic heterocycles. The molecule has 3 rings (SSSR count). The van der Waals surface area contributed by atoms with Gasteiger partial charge in [-0.3, -0.25) is 9.80 Å². The van der Waals surface area contributed by atoms with E-state index in [2.05, 4.69) is 16.8 Å². The van der Waals surface area contributed by atoms with Crippen molar-refractivity contribution in [2.45, 2.75) is 57.1 Å². The Morgan fingerprint density at radius 1 is 1.39 bits per heavy atom. The molecular formula is C21H27ClN4O2. The smallest absolute Gasteiger partial charge is 0.252 e. The molecule has 0 bridgehead atoms. The van der Waals surface area contributed by atoms with Gasteiger partial charge >= 0.3 is 0 Å². The highest BCUT2D eigenvalue weighted by atomic mass is 35.5. The largest absolute Gasteiger partial charge is 0.388 e. The molecule has 28 heavy (non-hydrogen) atoms. The van der Waals surface area contributed by atoms with Crippen LogP contribution in [-0.2, 0) is 0 Å². The van der Waals surface area contributed by atoms with Crippen LogP contribution in [0.5, 0.6) is 0 Å². The molecular weight excluding hydrogens is 376 g/mol. The minimum Gasteiger partial charge on any atom is -0.388 e. The van der Waals surface area contributed by atoms with Gasteiger partial charge in [0.1, 0.15) is 6.54 Å². The molecule has 6 nitrogen and oxygen atoms in total. The van der Waals surface area contributed by atoms with Crippen molar-refractivity contribution in [2.75, 3.05) is 13.1 Å². The fraction of sp³-hybridized carbons (Fsp3) is 0.524. The summed E-state index contributed by atoms with van der Waals surface area (Å²) in [5.41, 5.74) is 4.66. The first-order chi connectivity index (χ1) is 13.4. The first-order valence-corrected chi connectivity index (χ1v) is 10.2. The summed E-state index contributed by atoms with van der Waals surface area (Å²) in [4.78, 5) is 12.7. The summed E-state index contributed by atoms with van der Waals surface area (Å²) < 4.78 is 0. The average Bonchev–Trinajstić information content (AvgIpc) is 2.89. The number of hydrogen-bond donors (Lipinski definition) is 3. The number of amides is 1. The van der Waals surface area contributed by atoms with Crippen LogP contribution in [0, 0.1) is 11.3 Å². The Labute approximate surface area is 171 Å². The second-order valence-electron chi connectivity index (χ2n) is 7.72. The third-order valence-corrected chi connectivity index (χ3v) is 5.89. The predicted molar refractivity (Wildman–Crippen MR) is 108 cm³/mol. The molecule has 1 amide bonds. The van der Waals surface area contributed by atoms with Gasteiger partial charge in [-0.1, -0.05) is 43.4 Å². The zero-order valence-electron chi connectivity index (χ0n) is 16.2. The minimum atomic E-state index is -0.832. The molecule has 1 unspecified atom stereocenters. The Balaban J connectivity index is 1.69. The maximum atomic E-state index is 12.7. The highest BCUT2D eigenvalue weighted by Crippen LogP contribution is 2.29. The van der Waals surface area contributed by atoms with E-state index in [4.69, 9.17) is 16.9 Å². The summed E-state index contributed by atoms with van der Waals surface area (Å²) in [7, 11) is 0. The van der Waals surface area contributed by atoms with E-state index < -0.39 is 5.60 Å². The molecule has 2 aliphatic rings. The zero-order valence-corrected chi connectivity index (χ0v) is 16.9. The lowest BCUT2D eigenvalue weighted by molar-refractivity contribution is 0.0246. The number of rotatable bonds is 5. The number of hydrazine groups is 1. The Morgan fingerprint density at radius 2 is 2.11 bits per heavy atom. The molecule has 1 fully saturated rings. The number of carbonyl (C=O) groups is 1. The predicted octanol–water partition coefficient (Wildman–Crippen LogP) is 3.44. The van der Waals surface area contributed by atoms with Crippen molar-refractivity contribution in [3.8, 4) is 6.07 Å². The molecule has 0 saturated heterocycles. The van der Waals surface area contributed by atoms with Crippen LogP contribution in [0.2, 0.25) is 5.02 Å². The van der Waals surface area contributed by atoms with E-state index in [0.717, 1.165) is 36.9 Å². The van der Waals surface area contributed by atoms with E-state index in [-0.39, 0.29) is 25.0 Å². The maximum Gasteiger partial charge on any atom is 0.252 e. The van der Waals surface area contributed by atoms with Gasteiger partial charge in [0, 0.05) is 12.2 Å². The topological polar surface area (TPSA) is 88.4 Å². The Kier molecular flexibility index (Phi) is 6.61. The van der Waals surface area contributed by atoms with Gasteiger partial charge in [-0.05, 0) is 43.5 Å². The van der Waals surface area contributed by atoms with Crippen LogP contribution in [-0.4, -0.2) is 34.7 Å². The van der Waals surface area contributed by atoms with Crippen molar-refractivity contribution < 1.29 is 9.90 Å². The van der Waals surface area contributed by atoms with Crippen molar-refractivity contribution in [3.05, 3.63) is 46.1 Å². The number of carbonyl (C=O) groups excluding carboxylic acids is 1. The SMILES string of the molecule is CC1=CC(c2ccc(Cl)c(C(=O)NCC3(O)CCCCCC3)c2)NN1CC#N. The molecule has 0 spiro atoms. The highest BCUT2D eigenvalue weighted by Gasteiger charge is 2.29. The maximum absolute atomic E-state index is 12.7. The van der Waals surface area contributed by atoms with Crippen molar-refractivity contribution >= 4 is 17.5 Å². The summed E-state index contributed by atoms with van der Waals surface area (Å²) in [5, 5.41) is 24.7. The highest BCUT2D eigenvalue weighted by molar-refractivity contribution is 6.33. The summed E-state index contributed by atoms with van der Waals surface area (Å²) >= 11 is 6.27. The second kappa shape index (κ2) is 8.95. The third kappa shape index (κ3) is 4.85. The lowest BCUT2D eigenvalue weighted by atomic mass is 9.94. The Bertz CT molecular complexity index is 794. The van der Waals surface area contributed by atoms with Crippen molar-refractivity contribution in [1.82, 2.24) is 15.8 Å². The van der Waals surface area contributed by atoms with E-state index in [9.17, 15) is 9.90 Å².